The number of rotatable bonds is 4. The second-order valence-corrected chi connectivity index (χ2v) is 9.54. The molecule has 2 saturated heterocycles. The van der Waals surface area contributed by atoms with Gasteiger partial charge in [-0.2, -0.15) is 4.31 Å². The number of carbonyl (C=O) groups is 1. The summed E-state index contributed by atoms with van der Waals surface area (Å²) in [5, 5.41) is 0. The molecule has 2 aliphatic heterocycles. The fourth-order valence-electron chi connectivity index (χ4n) is 4.09. The van der Waals surface area contributed by atoms with E-state index in [0.717, 1.165) is 19.3 Å². The number of ether oxygens (including phenoxy) is 1. The summed E-state index contributed by atoms with van der Waals surface area (Å²) in [5.74, 6) is 1.08. The van der Waals surface area contributed by atoms with E-state index in [9.17, 15) is 13.2 Å². The van der Waals surface area contributed by atoms with Crippen LogP contribution in [0.15, 0.2) is 23.1 Å². The Labute approximate surface area is 156 Å². The number of benzene rings is 1. The van der Waals surface area contributed by atoms with Crippen LogP contribution in [0.2, 0.25) is 0 Å². The zero-order chi connectivity index (χ0) is 18.9. The van der Waals surface area contributed by atoms with E-state index in [0.29, 0.717) is 43.6 Å². The lowest BCUT2D eigenvalue weighted by Gasteiger charge is -2.35. The first-order chi connectivity index (χ1) is 12.3. The number of methoxy groups -OCH3 is 1. The van der Waals surface area contributed by atoms with Crippen molar-refractivity contribution in [3.8, 4) is 5.75 Å². The van der Waals surface area contributed by atoms with Crippen molar-refractivity contribution in [2.24, 2.45) is 11.8 Å². The van der Waals surface area contributed by atoms with Gasteiger partial charge >= 0.3 is 0 Å². The molecule has 0 aromatic heterocycles. The number of likely N-dealkylation sites (tertiary alicyclic amines) is 1. The average molecular weight is 381 g/mol. The van der Waals surface area contributed by atoms with Crippen molar-refractivity contribution in [3.63, 3.8) is 0 Å². The molecule has 0 radical (unpaired) electrons. The lowest BCUT2D eigenvalue weighted by molar-refractivity contribution is 0.0623. The molecule has 2 heterocycles. The highest BCUT2D eigenvalue weighted by atomic mass is 32.2. The lowest BCUT2D eigenvalue weighted by Crippen LogP contribution is -2.42. The van der Waals surface area contributed by atoms with Crippen LogP contribution < -0.4 is 4.74 Å². The zero-order valence-corrected chi connectivity index (χ0v) is 16.6. The van der Waals surface area contributed by atoms with Crippen LogP contribution in [0.4, 0.5) is 0 Å². The van der Waals surface area contributed by atoms with Gasteiger partial charge in [-0.15, -0.1) is 0 Å². The molecular formula is C19H28N2O4S. The minimum Gasteiger partial charge on any atom is -0.495 e. The number of piperidine rings is 1. The highest BCUT2D eigenvalue weighted by Crippen LogP contribution is 2.31. The van der Waals surface area contributed by atoms with Crippen LogP contribution >= 0.6 is 0 Å². The van der Waals surface area contributed by atoms with Crippen molar-refractivity contribution in [1.82, 2.24) is 9.21 Å². The first-order valence-corrected chi connectivity index (χ1v) is 10.7. The standard InChI is InChI=1S/C19H28N2O4S/c1-14-10-15(2)13-20(12-14)19(22)16-6-7-17(25-3)18(11-16)26(23,24)21-8-4-5-9-21/h6-7,11,14-15H,4-5,8-10,12-13H2,1-3H3. The van der Waals surface area contributed by atoms with E-state index in [1.54, 1.807) is 12.1 Å². The fourth-order valence-corrected chi connectivity index (χ4v) is 5.79. The summed E-state index contributed by atoms with van der Waals surface area (Å²) in [4.78, 5) is 14.9. The Bertz CT molecular complexity index is 762. The van der Waals surface area contributed by atoms with Crippen LogP contribution in [0, 0.1) is 11.8 Å². The minimum atomic E-state index is -3.65. The molecule has 26 heavy (non-hydrogen) atoms. The molecule has 1 aromatic rings. The van der Waals surface area contributed by atoms with Crippen LogP contribution in [0.5, 0.6) is 5.75 Å². The highest BCUT2D eigenvalue weighted by Gasteiger charge is 2.32. The molecule has 0 spiro atoms. The number of sulfonamides is 1. The Morgan fingerprint density at radius 1 is 1.12 bits per heavy atom. The zero-order valence-electron chi connectivity index (χ0n) is 15.8. The summed E-state index contributed by atoms with van der Waals surface area (Å²) in [6.45, 7) is 6.75. The van der Waals surface area contributed by atoms with Gasteiger partial charge in [-0.1, -0.05) is 13.8 Å². The van der Waals surface area contributed by atoms with Crippen LogP contribution in [0.1, 0.15) is 43.5 Å². The predicted octanol–water partition coefficient (Wildman–Crippen LogP) is 2.60. The molecule has 144 valence electrons. The molecule has 1 aromatic carbocycles. The van der Waals surface area contributed by atoms with E-state index in [1.165, 1.54) is 17.5 Å². The summed E-state index contributed by atoms with van der Waals surface area (Å²) in [6, 6.07) is 4.74. The molecule has 0 N–H and O–H groups in total. The molecule has 0 aliphatic carbocycles. The second-order valence-electron chi connectivity index (χ2n) is 7.63. The van der Waals surface area contributed by atoms with Crippen LogP contribution in [0.25, 0.3) is 0 Å². The number of amides is 1. The molecule has 0 bridgehead atoms. The third-order valence-corrected chi connectivity index (χ3v) is 7.17. The second kappa shape index (κ2) is 7.56. The summed E-state index contributed by atoms with van der Waals surface area (Å²) < 4.78 is 32.7. The first kappa shape index (κ1) is 19.2. The maximum absolute atomic E-state index is 13.0. The van der Waals surface area contributed by atoms with E-state index < -0.39 is 10.0 Å². The molecule has 7 heteroatoms. The van der Waals surface area contributed by atoms with Crippen molar-refractivity contribution >= 4 is 15.9 Å². The van der Waals surface area contributed by atoms with Crippen LogP contribution in [-0.2, 0) is 10.0 Å². The number of hydrogen-bond donors (Lipinski definition) is 0. The molecule has 2 atom stereocenters. The quantitative estimate of drug-likeness (QED) is 0.805. The van der Waals surface area contributed by atoms with Gasteiger partial charge in [0.05, 0.1) is 7.11 Å². The highest BCUT2D eigenvalue weighted by molar-refractivity contribution is 7.89. The molecule has 6 nitrogen and oxygen atoms in total. The van der Waals surface area contributed by atoms with Gasteiger partial charge in [0.25, 0.3) is 5.91 Å². The number of hydrogen-bond acceptors (Lipinski definition) is 4. The normalized spacial score (nSPS) is 24.7. The maximum atomic E-state index is 13.0. The van der Waals surface area contributed by atoms with Gasteiger partial charge in [0.2, 0.25) is 10.0 Å². The summed E-state index contributed by atoms with van der Waals surface area (Å²) in [7, 11) is -2.20. The summed E-state index contributed by atoms with van der Waals surface area (Å²) >= 11 is 0. The van der Waals surface area contributed by atoms with Crippen LogP contribution in [-0.4, -0.2) is 56.8 Å². The molecule has 2 fully saturated rings. The van der Waals surface area contributed by atoms with Gasteiger partial charge < -0.3 is 9.64 Å². The molecular weight excluding hydrogens is 352 g/mol. The molecule has 1 amide bonds. The Morgan fingerprint density at radius 2 is 1.73 bits per heavy atom. The Balaban J connectivity index is 1.93. The van der Waals surface area contributed by atoms with E-state index >= 15 is 0 Å². The Kier molecular flexibility index (Phi) is 5.58. The fraction of sp³-hybridized carbons (Fsp3) is 0.632. The van der Waals surface area contributed by atoms with E-state index in [1.807, 2.05) is 4.90 Å². The van der Waals surface area contributed by atoms with Crippen molar-refractivity contribution in [3.05, 3.63) is 23.8 Å². The van der Waals surface area contributed by atoms with Crippen molar-refractivity contribution < 1.29 is 17.9 Å². The summed E-state index contributed by atoms with van der Waals surface area (Å²) in [6.07, 6.45) is 2.84. The number of carbonyl (C=O) groups excluding carboxylic acids is 1. The van der Waals surface area contributed by atoms with Gasteiger partial charge in [0.1, 0.15) is 10.6 Å². The largest absolute Gasteiger partial charge is 0.495 e. The average Bonchev–Trinajstić information content (AvgIpc) is 3.15. The van der Waals surface area contributed by atoms with Crippen molar-refractivity contribution in [1.29, 1.82) is 0 Å². The molecule has 2 unspecified atom stereocenters. The van der Waals surface area contributed by atoms with E-state index in [-0.39, 0.29) is 16.6 Å². The Hall–Kier alpha value is -1.60. The van der Waals surface area contributed by atoms with Gasteiger partial charge in [0, 0.05) is 31.7 Å². The minimum absolute atomic E-state index is 0.0888. The van der Waals surface area contributed by atoms with Gasteiger partial charge in [-0.25, -0.2) is 8.42 Å². The van der Waals surface area contributed by atoms with Crippen molar-refractivity contribution in [2.75, 3.05) is 33.3 Å². The maximum Gasteiger partial charge on any atom is 0.253 e. The molecule has 3 rings (SSSR count). The third kappa shape index (κ3) is 3.74. The van der Waals surface area contributed by atoms with E-state index in [2.05, 4.69) is 13.8 Å². The SMILES string of the molecule is COc1ccc(C(=O)N2CC(C)CC(C)C2)cc1S(=O)(=O)N1CCCC1. The Morgan fingerprint density at radius 3 is 2.31 bits per heavy atom. The number of nitrogens with zero attached hydrogens (tertiary/aromatic N) is 2. The van der Waals surface area contributed by atoms with Gasteiger partial charge in [-0.05, 0) is 49.3 Å². The monoisotopic (exact) mass is 380 g/mol. The van der Waals surface area contributed by atoms with Crippen molar-refractivity contribution in [2.45, 2.75) is 38.0 Å². The van der Waals surface area contributed by atoms with Gasteiger partial charge in [-0.3, -0.25) is 4.79 Å². The van der Waals surface area contributed by atoms with Crippen LogP contribution in [0.3, 0.4) is 0 Å². The molecule has 2 aliphatic rings. The van der Waals surface area contributed by atoms with Gasteiger partial charge in [0.15, 0.2) is 0 Å². The first-order valence-electron chi connectivity index (χ1n) is 9.30. The topological polar surface area (TPSA) is 66.9 Å². The summed E-state index contributed by atoms with van der Waals surface area (Å²) in [5.41, 5.74) is 0.407. The predicted molar refractivity (Wildman–Crippen MR) is 99.8 cm³/mol. The lowest BCUT2D eigenvalue weighted by atomic mass is 9.91. The molecule has 0 saturated carbocycles. The smallest absolute Gasteiger partial charge is 0.253 e. The van der Waals surface area contributed by atoms with E-state index in [4.69, 9.17) is 4.74 Å². The third-order valence-electron chi connectivity index (χ3n) is 5.25.